The number of aryl methyl sites for hydroxylation is 2. The molecular formula is C21H18N2O2S. The van der Waals surface area contributed by atoms with Crippen molar-refractivity contribution in [2.75, 3.05) is 0 Å². The van der Waals surface area contributed by atoms with Gasteiger partial charge in [-0.3, -0.25) is 9.20 Å². The minimum atomic E-state index is -0.832. The van der Waals surface area contributed by atoms with Crippen molar-refractivity contribution in [3.63, 3.8) is 0 Å². The van der Waals surface area contributed by atoms with Crippen molar-refractivity contribution >= 4 is 22.3 Å². The summed E-state index contributed by atoms with van der Waals surface area (Å²) < 4.78 is 2.02. The van der Waals surface area contributed by atoms with Gasteiger partial charge >= 0.3 is 5.97 Å². The first-order valence-corrected chi connectivity index (χ1v) is 9.20. The summed E-state index contributed by atoms with van der Waals surface area (Å²) in [6.45, 7) is 4.16. The van der Waals surface area contributed by atoms with E-state index in [2.05, 4.69) is 32.0 Å². The lowest BCUT2D eigenvalue weighted by atomic mass is 10.0. The smallest absolute Gasteiger partial charge is 0.308 e. The Balaban J connectivity index is 1.91. The lowest BCUT2D eigenvalue weighted by Crippen LogP contribution is -2.00. The number of carboxylic acids is 1. The number of nitrogens with zero attached hydrogens (tertiary/aromatic N) is 2. The number of fused-ring (bicyclic) bond motifs is 1. The molecule has 5 heteroatoms. The number of aromatic nitrogens is 2. The van der Waals surface area contributed by atoms with Crippen LogP contribution in [0.2, 0.25) is 0 Å². The maximum Gasteiger partial charge on any atom is 0.308 e. The zero-order valence-electron chi connectivity index (χ0n) is 14.6. The van der Waals surface area contributed by atoms with Crippen LogP contribution in [0.15, 0.2) is 54.7 Å². The Bertz CT molecular complexity index is 1110. The molecule has 0 aliphatic rings. The number of carbonyl (C=O) groups is 1. The highest BCUT2D eigenvalue weighted by atomic mass is 32.1. The van der Waals surface area contributed by atoms with Gasteiger partial charge in [0.2, 0.25) is 0 Å². The van der Waals surface area contributed by atoms with Crippen molar-refractivity contribution in [2.24, 2.45) is 0 Å². The molecule has 2 aromatic carbocycles. The fourth-order valence-electron chi connectivity index (χ4n) is 3.27. The van der Waals surface area contributed by atoms with E-state index in [1.165, 1.54) is 22.5 Å². The molecule has 4 aromatic rings. The maximum atomic E-state index is 11.3. The number of rotatable bonds is 4. The van der Waals surface area contributed by atoms with E-state index in [1.54, 1.807) is 0 Å². The molecule has 0 aliphatic heterocycles. The Morgan fingerprint density at radius 2 is 1.92 bits per heavy atom. The number of benzene rings is 2. The topological polar surface area (TPSA) is 54.6 Å². The van der Waals surface area contributed by atoms with E-state index in [4.69, 9.17) is 4.98 Å². The Hall–Kier alpha value is -2.92. The molecule has 2 heterocycles. The van der Waals surface area contributed by atoms with Gasteiger partial charge in [0.05, 0.1) is 17.8 Å². The van der Waals surface area contributed by atoms with Crippen LogP contribution in [0, 0.1) is 13.8 Å². The average Bonchev–Trinajstić information content (AvgIpc) is 3.12. The Morgan fingerprint density at radius 1 is 1.15 bits per heavy atom. The minimum absolute atomic E-state index is 0.00283. The van der Waals surface area contributed by atoms with Crippen molar-refractivity contribution in [3.05, 3.63) is 70.7 Å². The highest BCUT2D eigenvalue weighted by Gasteiger charge is 2.19. The van der Waals surface area contributed by atoms with E-state index in [-0.39, 0.29) is 6.42 Å². The van der Waals surface area contributed by atoms with Gasteiger partial charge in [-0.1, -0.05) is 54.1 Å². The minimum Gasteiger partial charge on any atom is -0.481 e. The summed E-state index contributed by atoms with van der Waals surface area (Å²) in [4.78, 5) is 17.7. The van der Waals surface area contributed by atoms with Gasteiger partial charge in [0.15, 0.2) is 4.96 Å². The van der Waals surface area contributed by atoms with Crippen molar-refractivity contribution in [3.8, 4) is 22.5 Å². The largest absolute Gasteiger partial charge is 0.481 e. The third-order valence-corrected chi connectivity index (χ3v) is 5.46. The molecular weight excluding hydrogens is 344 g/mol. The maximum absolute atomic E-state index is 11.3. The molecule has 2 aromatic heterocycles. The zero-order valence-corrected chi connectivity index (χ0v) is 15.4. The standard InChI is InChI=1S/C21H18N2O2S/c1-13-8-9-16(14(2)10-13)17-12-23-20(15-6-4-3-5-7-15)18(11-19(24)25)26-21(23)22-17/h3-10,12H,11H2,1-2H3,(H,24,25). The zero-order chi connectivity index (χ0) is 18.3. The first-order valence-electron chi connectivity index (χ1n) is 8.38. The van der Waals surface area contributed by atoms with Gasteiger partial charge in [-0.25, -0.2) is 4.98 Å². The Labute approximate surface area is 155 Å². The normalized spacial score (nSPS) is 11.2. The molecule has 26 heavy (non-hydrogen) atoms. The lowest BCUT2D eigenvalue weighted by Gasteiger charge is -2.05. The molecule has 0 saturated carbocycles. The van der Waals surface area contributed by atoms with Crippen LogP contribution in [-0.2, 0) is 11.2 Å². The quantitative estimate of drug-likeness (QED) is 0.557. The SMILES string of the molecule is Cc1ccc(-c2cn3c(-c4ccccc4)c(CC(=O)O)sc3n2)c(C)c1. The van der Waals surface area contributed by atoms with Gasteiger partial charge in [-0.2, -0.15) is 0 Å². The second kappa shape index (κ2) is 6.42. The van der Waals surface area contributed by atoms with Gasteiger partial charge < -0.3 is 5.11 Å². The van der Waals surface area contributed by atoms with E-state index in [0.717, 1.165) is 32.4 Å². The summed E-state index contributed by atoms with van der Waals surface area (Å²) in [6.07, 6.45) is 2.01. The van der Waals surface area contributed by atoms with Gasteiger partial charge in [0, 0.05) is 16.6 Å². The van der Waals surface area contributed by atoms with Gasteiger partial charge in [-0.15, -0.1) is 11.3 Å². The summed E-state index contributed by atoms with van der Waals surface area (Å²) in [7, 11) is 0. The van der Waals surface area contributed by atoms with Crippen molar-refractivity contribution in [2.45, 2.75) is 20.3 Å². The van der Waals surface area contributed by atoms with Crippen LogP contribution in [-0.4, -0.2) is 20.5 Å². The van der Waals surface area contributed by atoms with Gasteiger partial charge in [-0.05, 0) is 25.0 Å². The second-order valence-corrected chi connectivity index (χ2v) is 7.47. The predicted octanol–water partition coefficient (Wildman–Crippen LogP) is 4.97. The molecule has 4 rings (SSSR count). The highest BCUT2D eigenvalue weighted by Crippen LogP contribution is 2.35. The fraction of sp³-hybridized carbons (Fsp3) is 0.143. The number of carboxylic acid groups (broad SMARTS) is 1. The summed E-state index contributed by atoms with van der Waals surface area (Å²) in [5.74, 6) is -0.832. The summed E-state index contributed by atoms with van der Waals surface area (Å²) in [6, 6.07) is 16.2. The third-order valence-electron chi connectivity index (χ3n) is 4.41. The first kappa shape index (κ1) is 16.5. The van der Waals surface area contributed by atoms with E-state index < -0.39 is 5.97 Å². The molecule has 0 amide bonds. The summed E-state index contributed by atoms with van der Waals surface area (Å²) in [5.41, 5.74) is 6.33. The van der Waals surface area contributed by atoms with E-state index in [1.807, 2.05) is 40.9 Å². The summed E-state index contributed by atoms with van der Waals surface area (Å²) >= 11 is 1.44. The summed E-state index contributed by atoms with van der Waals surface area (Å²) in [5, 5.41) is 9.27. The molecule has 130 valence electrons. The van der Waals surface area contributed by atoms with Crippen LogP contribution in [0.1, 0.15) is 16.0 Å². The average molecular weight is 362 g/mol. The molecule has 0 fully saturated rings. The molecule has 0 saturated heterocycles. The molecule has 0 radical (unpaired) electrons. The molecule has 1 N–H and O–H groups in total. The number of hydrogen-bond acceptors (Lipinski definition) is 3. The number of hydrogen-bond donors (Lipinski definition) is 1. The van der Waals surface area contributed by atoms with E-state index in [0.29, 0.717) is 0 Å². The van der Waals surface area contributed by atoms with Crippen LogP contribution < -0.4 is 0 Å². The van der Waals surface area contributed by atoms with Crippen molar-refractivity contribution in [1.82, 2.24) is 9.38 Å². The highest BCUT2D eigenvalue weighted by molar-refractivity contribution is 7.17. The van der Waals surface area contributed by atoms with Gasteiger partial charge in [0.1, 0.15) is 0 Å². The van der Waals surface area contributed by atoms with Crippen molar-refractivity contribution in [1.29, 1.82) is 0 Å². The van der Waals surface area contributed by atoms with Crippen LogP contribution in [0.3, 0.4) is 0 Å². The molecule has 0 atom stereocenters. The first-order chi connectivity index (χ1) is 12.5. The third kappa shape index (κ3) is 2.91. The Kier molecular flexibility index (Phi) is 4.09. The van der Waals surface area contributed by atoms with Crippen LogP contribution in [0.5, 0.6) is 0 Å². The number of imidazole rings is 1. The van der Waals surface area contributed by atoms with Crippen LogP contribution >= 0.6 is 11.3 Å². The molecule has 0 spiro atoms. The number of aliphatic carboxylic acids is 1. The lowest BCUT2D eigenvalue weighted by molar-refractivity contribution is -0.136. The predicted molar refractivity (Wildman–Crippen MR) is 105 cm³/mol. The molecule has 4 nitrogen and oxygen atoms in total. The van der Waals surface area contributed by atoms with Crippen LogP contribution in [0.25, 0.3) is 27.5 Å². The monoisotopic (exact) mass is 362 g/mol. The van der Waals surface area contributed by atoms with Crippen LogP contribution in [0.4, 0.5) is 0 Å². The number of thiazole rings is 1. The van der Waals surface area contributed by atoms with Crippen molar-refractivity contribution < 1.29 is 9.90 Å². The van der Waals surface area contributed by atoms with Gasteiger partial charge in [0.25, 0.3) is 0 Å². The second-order valence-electron chi connectivity index (χ2n) is 6.41. The fourth-order valence-corrected chi connectivity index (χ4v) is 4.39. The molecule has 0 aliphatic carbocycles. The Morgan fingerprint density at radius 3 is 2.62 bits per heavy atom. The van der Waals surface area contributed by atoms with E-state index in [9.17, 15) is 9.90 Å². The van der Waals surface area contributed by atoms with E-state index >= 15 is 0 Å². The molecule has 0 bridgehead atoms. The molecule has 0 unspecified atom stereocenters.